The third-order valence-electron chi connectivity index (χ3n) is 4.09. The van der Waals surface area contributed by atoms with E-state index in [0.717, 1.165) is 23.1 Å². The lowest BCUT2D eigenvalue weighted by Gasteiger charge is -2.23. The number of ether oxygens (including phenoxy) is 2. The van der Waals surface area contributed by atoms with Crippen molar-refractivity contribution in [3.8, 4) is 11.5 Å². The molecule has 1 aliphatic heterocycles. The maximum absolute atomic E-state index is 12.5. The summed E-state index contributed by atoms with van der Waals surface area (Å²) in [6.07, 6.45) is 2.34. The zero-order valence-electron chi connectivity index (χ0n) is 13.3. The van der Waals surface area contributed by atoms with E-state index in [1.165, 1.54) is 6.42 Å². The van der Waals surface area contributed by atoms with Crippen LogP contribution < -0.4 is 14.8 Å². The van der Waals surface area contributed by atoms with E-state index in [1.807, 2.05) is 12.1 Å². The Labute approximate surface area is 145 Å². The van der Waals surface area contributed by atoms with Crippen molar-refractivity contribution in [2.75, 3.05) is 33.9 Å². The predicted molar refractivity (Wildman–Crippen MR) is 94.9 cm³/mol. The number of likely N-dealkylation sites (tertiary alicyclic amines) is 1. The first-order valence-corrected chi connectivity index (χ1v) is 8.62. The van der Waals surface area contributed by atoms with Gasteiger partial charge in [0.05, 0.1) is 19.8 Å². The highest BCUT2D eigenvalue weighted by Crippen LogP contribution is 2.33. The average Bonchev–Trinajstić information content (AvgIpc) is 2.99. The second kappa shape index (κ2) is 8.01. The number of nitrogens with one attached hydrogen (secondary N) is 1. The molecule has 1 fully saturated rings. The van der Waals surface area contributed by atoms with E-state index in [9.17, 15) is 4.79 Å². The van der Waals surface area contributed by atoms with Crippen LogP contribution in [0.1, 0.15) is 30.1 Å². The maximum atomic E-state index is 12.5. The molecule has 1 saturated heterocycles. The molecule has 1 unspecified atom stereocenters. The quantitative estimate of drug-likeness (QED) is 0.722. The van der Waals surface area contributed by atoms with Crippen molar-refractivity contribution >= 4 is 28.5 Å². The lowest BCUT2D eigenvalue weighted by molar-refractivity contribution is 0.0937. The van der Waals surface area contributed by atoms with E-state index < -0.39 is 0 Å². The standard InChI is InChI=1S/C16H23IN2O3/c1-4-19-7-5-6-12(19)10-18-16(20)13-8-11(17)9-14(21-2)15(13)22-3/h8-9,12H,4-7,10H2,1-3H3,(H,18,20). The van der Waals surface area contributed by atoms with Gasteiger partial charge >= 0.3 is 0 Å². The molecule has 2 rings (SSSR count). The maximum Gasteiger partial charge on any atom is 0.255 e. The molecule has 1 aromatic carbocycles. The summed E-state index contributed by atoms with van der Waals surface area (Å²) in [6.45, 7) is 4.98. The molecule has 1 amide bonds. The lowest BCUT2D eigenvalue weighted by Crippen LogP contribution is -2.40. The van der Waals surface area contributed by atoms with Crippen LogP contribution in [-0.4, -0.2) is 50.7 Å². The van der Waals surface area contributed by atoms with E-state index in [4.69, 9.17) is 9.47 Å². The van der Waals surface area contributed by atoms with Crippen molar-refractivity contribution in [2.24, 2.45) is 0 Å². The average molecular weight is 418 g/mol. The molecule has 0 aliphatic carbocycles. The molecule has 0 radical (unpaired) electrons. The molecule has 1 atom stereocenters. The van der Waals surface area contributed by atoms with Crippen LogP contribution in [-0.2, 0) is 0 Å². The fraction of sp³-hybridized carbons (Fsp3) is 0.562. The molecule has 0 bridgehead atoms. The van der Waals surface area contributed by atoms with Crippen molar-refractivity contribution < 1.29 is 14.3 Å². The number of hydrogen-bond acceptors (Lipinski definition) is 4. The van der Waals surface area contributed by atoms with Gasteiger partial charge in [0.15, 0.2) is 11.5 Å². The van der Waals surface area contributed by atoms with Crippen molar-refractivity contribution in [1.82, 2.24) is 10.2 Å². The summed E-state index contributed by atoms with van der Waals surface area (Å²) in [5.41, 5.74) is 0.521. The second-order valence-electron chi connectivity index (χ2n) is 5.32. The van der Waals surface area contributed by atoms with Crippen LogP contribution in [0.3, 0.4) is 0 Å². The number of amides is 1. The Morgan fingerprint density at radius 1 is 1.41 bits per heavy atom. The van der Waals surface area contributed by atoms with E-state index in [2.05, 4.69) is 39.7 Å². The van der Waals surface area contributed by atoms with Gasteiger partial charge in [-0.1, -0.05) is 6.92 Å². The zero-order valence-corrected chi connectivity index (χ0v) is 15.5. The molecule has 1 heterocycles. The first-order valence-electron chi connectivity index (χ1n) is 7.54. The molecule has 122 valence electrons. The number of rotatable bonds is 6. The number of halogens is 1. The summed E-state index contributed by atoms with van der Waals surface area (Å²) in [5.74, 6) is 0.950. The minimum atomic E-state index is -0.114. The third kappa shape index (κ3) is 3.84. The van der Waals surface area contributed by atoms with Crippen LogP contribution in [0.4, 0.5) is 0 Å². The zero-order chi connectivity index (χ0) is 16.1. The van der Waals surface area contributed by atoms with Gasteiger partial charge in [-0.2, -0.15) is 0 Å². The van der Waals surface area contributed by atoms with Gasteiger partial charge in [0.2, 0.25) is 0 Å². The first-order chi connectivity index (χ1) is 10.6. The summed E-state index contributed by atoms with van der Waals surface area (Å²) in [6, 6.07) is 4.11. The highest BCUT2D eigenvalue weighted by Gasteiger charge is 2.24. The smallest absolute Gasteiger partial charge is 0.255 e. The number of carbonyl (C=O) groups excluding carboxylic acids is 1. The van der Waals surface area contributed by atoms with Gasteiger partial charge in [-0.25, -0.2) is 0 Å². The van der Waals surface area contributed by atoms with Gasteiger partial charge in [-0.3, -0.25) is 9.69 Å². The number of benzene rings is 1. The highest BCUT2D eigenvalue weighted by molar-refractivity contribution is 14.1. The molecule has 1 aliphatic rings. The summed E-state index contributed by atoms with van der Waals surface area (Å²) < 4.78 is 11.6. The van der Waals surface area contributed by atoms with Crippen molar-refractivity contribution in [3.63, 3.8) is 0 Å². The Morgan fingerprint density at radius 2 is 2.18 bits per heavy atom. The fourth-order valence-corrected chi connectivity index (χ4v) is 3.54. The van der Waals surface area contributed by atoms with Gasteiger partial charge in [0, 0.05) is 16.2 Å². The number of methoxy groups -OCH3 is 2. The predicted octanol–water partition coefficient (Wildman–Crippen LogP) is 2.52. The number of hydrogen-bond donors (Lipinski definition) is 1. The van der Waals surface area contributed by atoms with Crippen molar-refractivity contribution in [1.29, 1.82) is 0 Å². The molecule has 22 heavy (non-hydrogen) atoms. The van der Waals surface area contributed by atoms with Crippen LogP contribution in [0, 0.1) is 3.57 Å². The molecule has 0 aromatic heterocycles. The molecule has 5 nitrogen and oxygen atoms in total. The third-order valence-corrected chi connectivity index (χ3v) is 4.71. The molecule has 6 heteroatoms. The monoisotopic (exact) mass is 418 g/mol. The molecule has 1 N–H and O–H groups in total. The van der Waals surface area contributed by atoms with Crippen molar-refractivity contribution in [3.05, 3.63) is 21.3 Å². The minimum Gasteiger partial charge on any atom is -0.493 e. The minimum absolute atomic E-state index is 0.114. The van der Waals surface area contributed by atoms with Crippen LogP contribution in [0.5, 0.6) is 11.5 Å². The first kappa shape index (κ1) is 17.3. The van der Waals surface area contributed by atoms with Gasteiger partial charge in [-0.15, -0.1) is 0 Å². The molecule has 1 aromatic rings. The van der Waals surface area contributed by atoms with E-state index in [-0.39, 0.29) is 5.91 Å². The fourth-order valence-electron chi connectivity index (χ4n) is 2.95. The normalized spacial score (nSPS) is 18.3. The SMILES string of the molecule is CCN1CCCC1CNC(=O)c1cc(I)cc(OC)c1OC. The summed E-state index contributed by atoms with van der Waals surface area (Å²) >= 11 is 2.17. The Kier molecular flexibility index (Phi) is 6.31. The van der Waals surface area contributed by atoms with E-state index in [0.29, 0.717) is 29.6 Å². The Bertz CT molecular complexity index is 536. The van der Waals surface area contributed by atoms with Gasteiger partial charge in [-0.05, 0) is 60.7 Å². The number of carbonyl (C=O) groups is 1. The van der Waals surface area contributed by atoms with E-state index >= 15 is 0 Å². The molecular weight excluding hydrogens is 395 g/mol. The summed E-state index contributed by atoms with van der Waals surface area (Å²) in [5, 5.41) is 3.04. The van der Waals surface area contributed by atoms with Gasteiger partial charge < -0.3 is 14.8 Å². The molecule has 0 spiro atoms. The topological polar surface area (TPSA) is 50.8 Å². The van der Waals surface area contributed by atoms with Gasteiger partial charge in [0.25, 0.3) is 5.91 Å². The Hall–Kier alpha value is -1.02. The van der Waals surface area contributed by atoms with Crippen LogP contribution >= 0.6 is 22.6 Å². The van der Waals surface area contributed by atoms with E-state index in [1.54, 1.807) is 14.2 Å². The Balaban J connectivity index is 2.10. The molecular formula is C16H23IN2O3. The van der Waals surface area contributed by atoms with Crippen LogP contribution in [0.15, 0.2) is 12.1 Å². The van der Waals surface area contributed by atoms with Crippen LogP contribution in [0.2, 0.25) is 0 Å². The highest BCUT2D eigenvalue weighted by atomic mass is 127. The summed E-state index contributed by atoms with van der Waals surface area (Å²) in [7, 11) is 3.13. The Morgan fingerprint density at radius 3 is 2.82 bits per heavy atom. The van der Waals surface area contributed by atoms with Gasteiger partial charge in [0.1, 0.15) is 0 Å². The summed E-state index contributed by atoms with van der Waals surface area (Å²) in [4.78, 5) is 14.9. The van der Waals surface area contributed by atoms with Crippen molar-refractivity contribution in [2.45, 2.75) is 25.8 Å². The molecule has 0 saturated carbocycles. The number of likely N-dealkylation sites (N-methyl/N-ethyl adjacent to an activating group) is 1. The largest absolute Gasteiger partial charge is 0.493 e. The lowest BCUT2D eigenvalue weighted by atomic mass is 10.1. The number of nitrogens with zero attached hydrogens (tertiary/aromatic N) is 1. The van der Waals surface area contributed by atoms with Crippen LogP contribution in [0.25, 0.3) is 0 Å². The second-order valence-corrected chi connectivity index (χ2v) is 6.57.